The first-order valence-electron chi connectivity index (χ1n) is 5.94. The van der Waals surface area contributed by atoms with E-state index in [-0.39, 0.29) is 5.57 Å². The highest BCUT2D eigenvalue weighted by molar-refractivity contribution is 14.1. The maximum atomic E-state index is 12.1. The van der Waals surface area contributed by atoms with Gasteiger partial charge in [0.25, 0.3) is 5.91 Å². The van der Waals surface area contributed by atoms with Crippen LogP contribution >= 0.6 is 38.5 Å². The Balaban J connectivity index is 2.21. The molecule has 0 spiro atoms. The fraction of sp³-hybridized carbons (Fsp3) is 0.0667. The highest BCUT2D eigenvalue weighted by Gasteiger charge is 2.12. The van der Waals surface area contributed by atoms with Crippen LogP contribution in [0.15, 0.2) is 44.8 Å². The second-order valence-electron chi connectivity index (χ2n) is 4.26. The lowest BCUT2D eigenvalue weighted by atomic mass is 10.2. The number of furan rings is 1. The van der Waals surface area contributed by atoms with E-state index in [0.29, 0.717) is 15.2 Å². The van der Waals surface area contributed by atoms with Crippen LogP contribution in [-0.4, -0.2) is 5.91 Å². The van der Waals surface area contributed by atoms with Crippen LogP contribution in [0.25, 0.3) is 6.08 Å². The molecule has 0 unspecified atom stereocenters. The first kappa shape index (κ1) is 15.8. The van der Waals surface area contributed by atoms with Crippen LogP contribution in [0, 0.1) is 22.0 Å². The van der Waals surface area contributed by atoms with Gasteiger partial charge in [0.05, 0.1) is 4.47 Å². The maximum Gasteiger partial charge on any atom is 0.266 e. The van der Waals surface area contributed by atoms with Gasteiger partial charge in [-0.15, -0.1) is 0 Å². The number of carbonyl (C=O) groups excluding carboxylic acids is 1. The number of nitriles is 1. The fourth-order valence-corrected chi connectivity index (χ4v) is 2.36. The second kappa shape index (κ2) is 6.91. The molecule has 106 valence electrons. The third kappa shape index (κ3) is 4.19. The van der Waals surface area contributed by atoms with Crippen LogP contribution in [0.1, 0.15) is 11.3 Å². The van der Waals surface area contributed by atoms with E-state index in [2.05, 4.69) is 21.2 Å². The van der Waals surface area contributed by atoms with Crippen LogP contribution in [0.3, 0.4) is 0 Å². The van der Waals surface area contributed by atoms with Crippen molar-refractivity contribution in [2.75, 3.05) is 5.32 Å². The molecular weight excluding hydrogens is 447 g/mol. The van der Waals surface area contributed by atoms with Gasteiger partial charge in [-0.25, -0.2) is 0 Å². The van der Waals surface area contributed by atoms with Gasteiger partial charge < -0.3 is 9.73 Å². The Kier molecular flexibility index (Phi) is 5.20. The van der Waals surface area contributed by atoms with Gasteiger partial charge in [0.1, 0.15) is 17.4 Å². The summed E-state index contributed by atoms with van der Waals surface area (Å²) in [5.41, 5.74) is 1.66. The predicted molar refractivity (Wildman–Crippen MR) is 92.5 cm³/mol. The van der Waals surface area contributed by atoms with Gasteiger partial charge in [-0.3, -0.25) is 4.79 Å². The predicted octanol–water partition coefficient (Wildman–Crippen LogP) is 4.50. The average Bonchev–Trinajstić information content (AvgIpc) is 2.74. The summed E-state index contributed by atoms with van der Waals surface area (Å²) in [6.45, 7) is 1.93. The van der Waals surface area contributed by atoms with E-state index in [1.54, 1.807) is 12.1 Å². The number of hydrogen-bond donors (Lipinski definition) is 1. The molecule has 0 saturated heterocycles. The van der Waals surface area contributed by atoms with Crippen molar-refractivity contribution >= 4 is 56.2 Å². The summed E-state index contributed by atoms with van der Waals surface area (Å²) in [4.78, 5) is 12.1. The second-order valence-corrected chi connectivity index (χ2v) is 6.10. The molecule has 0 radical (unpaired) electrons. The van der Waals surface area contributed by atoms with E-state index < -0.39 is 5.91 Å². The molecule has 1 aromatic carbocycles. The van der Waals surface area contributed by atoms with Gasteiger partial charge in [0.15, 0.2) is 3.77 Å². The van der Waals surface area contributed by atoms with E-state index in [1.165, 1.54) is 6.08 Å². The molecule has 0 fully saturated rings. The van der Waals surface area contributed by atoms with Gasteiger partial charge in [-0.05, 0) is 46.6 Å². The minimum absolute atomic E-state index is 0.0193. The quantitative estimate of drug-likeness (QED) is 0.420. The number of halogens is 2. The lowest BCUT2D eigenvalue weighted by molar-refractivity contribution is -0.112. The van der Waals surface area contributed by atoms with Gasteiger partial charge >= 0.3 is 0 Å². The Morgan fingerprint density at radius 1 is 1.48 bits per heavy atom. The Labute approximate surface area is 144 Å². The molecule has 2 aromatic rings. The molecule has 0 saturated carbocycles. The smallest absolute Gasteiger partial charge is 0.266 e. The molecule has 0 bridgehead atoms. The van der Waals surface area contributed by atoms with Crippen LogP contribution in [-0.2, 0) is 4.79 Å². The Hall–Kier alpha value is -1.59. The Morgan fingerprint density at radius 2 is 2.24 bits per heavy atom. The van der Waals surface area contributed by atoms with E-state index >= 15 is 0 Å². The SMILES string of the molecule is Cc1cccc(NC(=O)/C(C#N)=C/c2cc(Br)c(I)o2)c1. The molecular formula is C15H10BrIN2O2. The van der Waals surface area contributed by atoms with Crippen molar-refractivity contribution in [2.24, 2.45) is 0 Å². The molecule has 0 aliphatic heterocycles. The zero-order valence-corrected chi connectivity index (χ0v) is 14.7. The number of hydrogen-bond acceptors (Lipinski definition) is 3. The molecule has 1 aromatic heterocycles. The molecule has 1 N–H and O–H groups in total. The van der Waals surface area contributed by atoms with Crippen molar-refractivity contribution in [2.45, 2.75) is 6.92 Å². The van der Waals surface area contributed by atoms with Crippen LogP contribution in [0.5, 0.6) is 0 Å². The Bertz CT molecular complexity index is 740. The summed E-state index contributed by atoms with van der Waals surface area (Å²) < 4.78 is 6.84. The molecule has 21 heavy (non-hydrogen) atoms. The highest BCUT2D eigenvalue weighted by Crippen LogP contribution is 2.24. The number of benzene rings is 1. The molecule has 6 heteroatoms. The molecule has 1 amide bonds. The molecule has 0 aliphatic carbocycles. The zero-order chi connectivity index (χ0) is 15.4. The van der Waals surface area contributed by atoms with E-state index in [4.69, 9.17) is 9.68 Å². The number of amides is 1. The molecule has 0 atom stereocenters. The number of nitrogens with one attached hydrogen (secondary N) is 1. The lowest BCUT2D eigenvalue weighted by Gasteiger charge is -2.04. The van der Waals surface area contributed by atoms with Gasteiger partial charge in [0, 0.05) is 34.4 Å². The topological polar surface area (TPSA) is 66.0 Å². The van der Waals surface area contributed by atoms with Gasteiger partial charge in [-0.1, -0.05) is 12.1 Å². The summed E-state index contributed by atoms with van der Waals surface area (Å²) in [6.07, 6.45) is 1.41. The van der Waals surface area contributed by atoms with Crippen molar-refractivity contribution in [1.82, 2.24) is 0 Å². The summed E-state index contributed by atoms with van der Waals surface area (Å²) in [7, 11) is 0. The third-order valence-corrected chi connectivity index (χ3v) is 4.72. The highest BCUT2D eigenvalue weighted by atomic mass is 127. The Morgan fingerprint density at radius 3 is 2.81 bits per heavy atom. The van der Waals surface area contributed by atoms with Crippen LogP contribution < -0.4 is 5.32 Å². The maximum absolute atomic E-state index is 12.1. The minimum atomic E-state index is -0.467. The molecule has 0 aliphatic rings. The molecule has 2 rings (SSSR count). The van der Waals surface area contributed by atoms with Crippen LogP contribution in [0.2, 0.25) is 0 Å². The molecule has 4 nitrogen and oxygen atoms in total. The fourth-order valence-electron chi connectivity index (χ4n) is 1.65. The lowest BCUT2D eigenvalue weighted by Crippen LogP contribution is -2.13. The number of carbonyl (C=O) groups is 1. The zero-order valence-electron chi connectivity index (χ0n) is 11.0. The summed E-state index contributed by atoms with van der Waals surface area (Å²) in [5.74, 6) is -0.0205. The number of nitrogens with zero attached hydrogens (tertiary/aromatic N) is 1. The minimum Gasteiger partial charge on any atom is -0.450 e. The summed E-state index contributed by atoms with van der Waals surface area (Å²) in [5, 5.41) is 11.8. The number of rotatable bonds is 3. The van der Waals surface area contributed by atoms with Crippen molar-refractivity contribution in [3.8, 4) is 6.07 Å². The largest absolute Gasteiger partial charge is 0.450 e. The third-order valence-electron chi connectivity index (χ3n) is 2.59. The van der Waals surface area contributed by atoms with Crippen molar-refractivity contribution in [3.63, 3.8) is 0 Å². The monoisotopic (exact) mass is 456 g/mol. The standard InChI is InChI=1S/C15H10BrIN2O2/c1-9-3-2-4-11(5-9)19-15(20)10(8-18)6-12-7-13(16)14(17)21-12/h2-7H,1H3,(H,19,20)/b10-6+. The first-order valence-corrected chi connectivity index (χ1v) is 7.81. The van der Waals surface area contributed by atoms with E-state index in [1.807, 2.05) is 53.8 Å². The first-order chi connectivity index (χ1) is 9.99. The van der Waals surface area contributed by atoms with Gasteiger partial charge in [0.2, 0.25) is 0 Å². The van der Waals surface area contributed by atoms with Crippen molar-refractivity contribution in [3.05, 3.63) is 55.5 Å². The van der Waals surface area contributed by atoms with Crippen LogP contribution in [0.4, 0.5) is 5.69 Å². The summed E-state index contributed by atoms with van der Waals surface area (Å²) >= 11 is 5.33. The van der Waals surface area contributed by atoms with Crippen molar-refractivity contribution < 1.29 is 9.21 Å². The molecule has 1 heterocycles. The van der Waals surface area contributed by atoms with E-state index in [9.17, 15) is 4.79 Å². The van der Waals surface area contributed by atoms with Gasteiger partial charge in [-0.2, -0.15) is 5.26 Å². The van der Waals surface area contributed by atoms with E-state index in [0.717, 1.165) is 10.0 Å². The van der Waals surface area contributed by atoms with Crippen molar-refractivity contribution in [1.29, 1.82) is 5.26 Å². The number of aryl methyl sites for hydroxylation is 1. The average molecular weight is 457 g/mol. The summed E-state index contributed by atoms with van der Waals surface area (Å²) in [6, 6.07) is 11.0. The normalized spacial score (nSPS) is 11.0. The number of anilines is 1.